The van der Waals surface area contributed by atoms with E-state index in [1.54, 1.807) is 36.6 Å². The van der Waals surface area contributed by atoms with E-state index in [2.05, 4.69) is 4.98 Å². The summed E-state index contributed by atoms with van der Waals surface area (Å²) in [7, 11) is 0. The number of fused-ring (bicyclic) bond motifs is 2. The van der Waals surface area contributed by atoms with Crippen molar-refractivity contribution in [2.75, 3.05) is 0 Å². The quantitative estimate of drug-likeness (QED) is 0.479. The molecule has 0 N–H and O–H groups in total. The van der Waals surface area contributed by atoms with Gasteiger partial charge in [-0.15, -0.1) is 0 Å². The van der Waals surface area contributed by atoms with Gasteiger partial charge in [0, 0.05) is 12.1 Å². The maximum atomic E-state index is 12.8. The molecule has 1 atom stereocenters. The van der Waals surface area contributed by atoms with Crippen LogP contribution in [0.2, 0.25) is 0 Å². The molecule has 0 fully saturated rings. The molecule has 0 unspecified atom stereocenters. The molecule has 0 saturated carbocycles. The third-order valence-corrected chi connectivity index (χ3v) is 5.70. The third-order valence-electron chi connectivity index (χ3n) is 5.70. The Morgan fingerprint density at radius 3 is 2.60 bits per heavy atom. The van der Waals surface area contributed by atoms with Crippen LogP contribution in [0.25, 0.3) is 11.0 Å². The Labute approximate surface area is 174 Å². The van der Waals surface area contributed by atoms with Gasteiger partial charge in [-0.3, -0.25) is 9.59 Å². The highest BCUT2D eigenvalue weighted by Gasteiger charge is 2.22. The molecule has 0 amide bonds. The van der Waals surface area contributed by atoms with Crippen LogP contribution >= 0.6 is 0 Å². The molecule has 1 heterocycles. The number of rotatable bonds is 5. The zero-order valence-electron chi connectivity index (χ0n) is 17.4. The molecule has 30 heavy (non-hydrogen) atoms. The summed E-state index contributed by atoms with van der Waals surface area (Å²) in [5.41, 5.74) is 4.79. The fourth-order valence-electron chi connectivity index (χ4n) is 4.06. The number of hydrogen-bond donors (Lipinski definition) is 0. The van der Waals surface area contributed by atoms with Crippen LogP contribution in [0.1, 0.15) is 57.8 Å². The SMILES string of the molecule is CCn1c(=O)c(C)nc2cc(C(=O)O[C@@H](C)C(=O)c3ccc4c(c3)CCC4)ccc21. The van der Waals surface area contributed by atoms with Gasteiger partial charge in [-0.25, -0.2) is 9.78 Å². The van der Waals surface area contributed by atoms with Gasteiger partial charge < -0.3 is 9.30 Å². The summed E-state index contributed by atoms with van der Waals surface area (Å²) < 4.78 is 7.06. The second-order valence-electron chi connectivity index (χ2n) is 7.70. The number of aromatic nitrogens is 2. The molecule has 0 bridgehead atoms. The summed E-state index contributed by atoms with van der Waals surface area (Å²) >= 11 is 0. The maximum absolute atomic E-state index is 12.8. The van der Waals surface area contributed by atoms with Gasteiger partial charge in [-0.1, -0.05) is 12.1 Å². The van der Waals surface area contributed by atoms with Crippen molar-refractivity contribution in [1.29, 1.82) is 0 Å². The van der Waals surface area contributed by atoms with Crippen LogP contribution in [0.15, 0.2) is 41.2 Å². The average molecular weight is 404 g/mol. The van der Waals surface area contributed by atoms with Crippen LogP contribution in [0.5, 0.6) is 0 Å². The zero-order chi connectivity index (χ0) is 21.4. The highest BCUT2D eigenvalue weighted by molar-refractivity contribution is 6.02. The number of carbonyl (C=O) groups excluding carboxylic acids is 2. The monoisotopic (exact) mass is 404 g/mol. The molecule has 0 saturated heterocycles. The predicted octanol–water partition coefficient (Wildman–Crippen LogP) is 3.64. The fraction of sp³-hybridized carbons (Fsp3) is 0.333. The lowest BCUT2D eigenvalue weighted by atomic mass is 10.0. The summed E-state index contributed by atoms with van der Waals surface area (Å²) in [5, 5.41) is 0. The fourth-order valence-corrected chi connectivity index (χ4v) is 4.06. The minimum atomic E-state index is -0.896. The van der Waals surface area contributed by atoms with E-state index in [0.29, 0.717) is 34.4 Å². The molecule has 6 heteroatoms. The van der Waals surface area contributed by atoms with E-state index in [1.807, 2.05) is 25.1 Å². The predicted molar refractivity (Wildman–Crippen MR) is 114 cm³/mol. The Morgan fingerprint density at radius 2 is 1.83 bits per heavy atom. The highest BCUT2D eigenvalue weighted by atomic mass is 16.5. The summed E-state index contributed by atoms with van der Waals surface area (Å²) in [6, 6.07) is 10.6. The van der Waals surface area contributed by atoms with Crippen LogP contribution in [-0.4, -0.2) is 27.4 Å². The number of benzene rings is 2. The summed E-state index contributed by atoms with van der Waals surface area (Å²) in [6.45, 7) is 5.63. The molecule has 6 nitrogen and oxygen atoms in total. The van der Waals surface area contributed by atoms with Crippen molar-refractivity contribution in [3.63, 3.8) is 0 Å². The molecule has 0 spiro atoms. The molecular formula is C24H24N2O4. The smallest absolute Gasteiger partial charge is 0.338 e. The number of carbonyl (C=O) groups is 2. The number of nitrogens with zero attached hydrogens (tertiary/aromatic N) is 2. The highest BCUT2D eigenvalue weighted by Crippen LogP contribution is 2.24. The molecule has 3 aromatic rings. The number of esters is 1. The molecular weight excluding hydrogens is 380 g/mol. The maximum Gasteiger partial charge on any atom is 0.338 e. The minimum Gasteiger partial charge on any atom is -0.451 e. The van der Waals surface area contributed by atoms with Crippen LogP contribution in [-0.2, 0) is 24.1 Å². The first kappa shape index (κ1) is 20.0. The van der Waals surface area contributed by atoms with E-state index in [4.69, 9.17) is 4.74 Å². The number of ether oxygens (including phenoxy) is 1. The Kier molecular flexibility index (Phi) is 5.24. The normalized spacial score (nSPS) is 13.8. The van der Waals surface area contributed by atoms with E-state index in [1.165, 1.54) is 11.1 Å². The average Bonchev–Trinajstić information content (AvgIpc) is 3.21. The number of ketones is 1. The largest absolute Gasteiger partial charge is 0.451 e. The van der Waals surface area contributed by atoms with Crippen LogP contribution in [0.3, 0.4) is 0 Å². The lowest BCUT2D eigenvalue weighted by Crippen LogP contribution is -2.25. The molecule has 4 rings (SSSR count). The van der Waals surface area contributed by atoms with Crippen molar-refractivity contribution in [2.24, 2.45) is 0 Å². The third kappa shape index (κ3) is 3.54. The van der Waals surface area contributed by atoms with Gasteiger partial charge in [0.15, 0.2) is 6.10 Å². The van der Waals surface area contributed by atoms with Gasteiger partial charge in [0.25, 0.3) is 5.56 Å². The molecule has 2 aromatic carbocycles. The Bertz CT molecular complexity index is 1230. The van der Waals surface area contributed by atoms with Gasteiger partial charge in [-0.2, -0.15) is 0 Å². The molecule has 154 valence electrons. The van der Waals surface area contributed by atoms with Gasteiger partial charge in [-0.05, 0) is 75.4 Å². The first-order valence-corrected chi connectivity index (χ1v) is 10.3. The number of Topliss-reactive ketones (excluding diaryl/α,β-unsaturated/α-hetero) is 1. The lowest BCUT2D eigenvalue weighted by molar-refractivity contribution is 0.0319. The van der Waals surface area contributed by atoms with Crippen molar-refractivity contribution in [2.45, 2.75) is 52.7 Å². The van der Waals surface area contributed by atoms with Crippen molar-refractivity contribution in [3.8, 4) is 0 Å². The van der Waals surface area contributed by atoms with Crippen LogP contribution < -0.4 is 5.56 Å². The first-order chi connectivity index (χ1) is 14.4. The van der Waals surface area contributed by atoms with Gasteiger partial charge in [0.1, 0.15) is 5.69 Å². The Morgan fingerprint density at radius 1 is 1.10 bits per heavy atom. The van der Waals surface area contributed by atoms with Gasteiger partial charge in [0.05, 0.1) is 16.6 Å². The number of hydrogen-bond acceptors (Lipinski definition) is 5. The second kappa shape index (κ2) is 7.86. The first-order valence-electron chi connectivity index (χ1n) is 10.3. The lowest BCUT2D eigenvalue weighted by Gasteiger charge is -2.14. The molecule has 1 aliphatic carbocycles. The zero-order valence-corrected chi connectivity index (χ0v) is 17.4. The van der Waals surface area contributed by atoms with Crippen molar-refractivity contribution >= 4 is 22.8 Å². The van der Waals surface area contributed by atoms with Gasteiger partial charge in [0.2, 0.25) is 5.78 Å². The van der Waals surface area contributed by atoms with Crippen LogP contribution in [0, 0.1) is 6.92 Å². The number of aryl methyl sites for hydroxylation is 4. The molecule has 0 radical (unpaired) electrons. The summed E-state index contributed by atoms with van der Waals surface area (Å²) in [6.07, 6.45) is 2.25. The topological polar surface area (TPSA) is 78.3 Å². The van der Waals surface area contributed by atoms with Crippen molar-refractivity contribution < 1.29 is 14.3 Å². The Hall–Kier alpha value is -3.28. The van der Waals surface area contributed by atoms with E-state index in [9.17, 15) is 14.4 Å². The Balaban J connectivity index is 1.55. The van der Waals surface area contributed by atoms with Crippen molar-refractivity contribution in [3.05, 3.63) is 74.7 Å². The van der Waals surface area contributed by atoms with E-state index < -0.39 is 12.1 Å². The molecule has 1 aliphatic rings. The van der Waals surface area contributed by atoms with Crippen LogP contribution in [0.4, 0.5) is 0 Å². The van der Waals surface area contributed by atoms with Crippen molar-refractivity contribution in [1.82, 2.24) is 9.55 Å². The molecule has 0 aliphatic heterocycles. The van der Waals surface area contributed by atoms with E-state index >= 15 is 0 Å². The van der Waals surface area contributed by atoms with E-state index in [-0.39, 0.29) is 11.3 Å². The van der Waals surface area contributed by atoms with Gasteiger partial charge >= 0.3 is 5.97 Å². The standard InChI is InChI=1S/C24H24N2O4/c1-4-26-21-11-10-19(13-20(21)25-14(2)23(26)28)24(29)30-15(3)22(27)18-9-8-16-6-5-7-17(16)12-18/h8-13,15H,4-7H2,1-3H3/t15-/m0/s1. The minimum absolute atomic E-state index is 0.145. The summed E-state index contributed by atoms with van der Waals surface area (Å²) in [4.78, 5) is 42.0. The van der Waals surface area contributed by atoms with E-state index in [0.717, 1.165) is 19.3 Å². The second-order valence-corrected chi connectivity index (χ2v) is 7.70. The molecule has 1 aromatic heterocycles. The summed E-state index contributed by atoms with van der Waals surface area (Å²) in [5.74, 6) is -0.805.